The second-order valence-electron chi connectivity index (χ2n) is 8.61. The largest absolute Gasteiger partial charge is 0.490 e. The van der Waals surface area contributed by atoms with Crippen LogP contribution in [0.2, 0.25) is 0 Å². The van der Waals surface area contributed by atoms with Gasteiger partial charge in [-0.2, -0.15) is 8.78 Å². The Balaban J connectivity index is 1.50. The fourth-order valence-corrected chi connectivity index (χ4v) is 4.51. The lowest BCUT2D eigenvalue weighted by molar-refractivity contribution is 0.225. The molecule has 166 valence electrons. The van der Waals surface area contributed by atoms with Crippen molar-refractivity contribution >= 4 is 0 Å². The second kappa shape index (κ2) is 9.37. The average Bonchev–Trinajstić information content (AvgIpc) is 2.77. The van der Waals surface area contributed by atoms with E-state index in [2.05, 4.69) is 13.0 Å². The number of fused-ring (bicyclic) bond motifs is 2. The lowest BCUT2D eigenvalue weighted by Gasteiger charge is -2.25. The number of benzene rings is 2. The van der Waals surface area contributed by atoms with Gasteiger partial charge in [0.15, 0.2) is 23.1 Å². The third-order valence-electron chi connectivity index (χ3n) is 6.22. The van der Waals surface area contributed by atoms with Crippen LogP contribution in [0, 0.1) is 23.4 Å². The first kappa shape index (κ1) is 21.8. The number of halogens is 3. The summed E-state index contributed by atoms with van der Waals surface area (Å²) in [5.74, 6) is -2.46. The highest BCUT2D eigenvalue weighted by molar-refractivity contribution is 5.54. The molecule has 0 aromatic heterocycles. The molecule has 2 aliphatic rings. The molecule has 1 atom stereocenters. The van der Waals surface area contributed by atoms with Gasteiger partial charge in [-0.05, 0) is 55.7 Å². The van der Waals surface area contributed by atoms with Crippen LogP contribution >= 0.6 is 0 Å². The number of hydrogen-bond donors (Lipinski definition) is 0. The van der Waals surface area contributed by atoms with Crippen molar-refractivity contribution in [1.29, 1.82) is 0 Å². The molecule has 0 saturated heterocycles. The van der Waals surface area contributed by atoms with E-state index >= 15 is 4.39 Å². The molecule has 0 N–H and O–H groups in total. The Hall–Kier alpha value is -2.43. The Morgan fingerprint density at radius 2 is 1.74 bits per heavy atom. The summed E-state index contributed by atoms with van der Waals surface area (Å²) in [6.45, 7) is 4.51. The minimum Gasteiger partial charge on any atom is -0.490 e. The van der Waals surface area contributed by atoms with Crippen molar-refractivity contribution in [2.75, 3.05) is 6.61 Å². The SMILES string of the molecule is CCCC1=CCC(COc2ccc3c(c2F)Oc2c(cc(CCC)c(F)c2F)C3)CC1. The number of rotatable bonds is 7. The zero-order valence-electron chi connectivity index (χ0n) is 18.2. The van der Waals surface area contributed by atoms with E-state index in [0.717, 1.165) is 32.1 Å². The summed E-state index contributed by atoms with van der Waals surface area (Å²) < 4.78 is 55.4. The van der Waals surface area contributed by atoms with Crippen molar-refractivity contribution in [3.05, 3.63) is 64.0 Å². The molecule has 0 saturated carbocycles. The minimum atomic E-state index is -1.05. The first-order chi connectivity index (χ1) is 15.0. The van der Waals surface area contributed by atoms with Gasteiger partial charge in [0.1, 0.15) is 0 Å². The second-order valence-corrected chi connectivity index (χ2v) is 8.61. The van der Waals surface area contributed by atoms with Gasteiger partial charge in [-0.25, -0.2) is 4.39 Å². The molecule has 2 aromatic carbocycles. The summed E-state index contributed by atoms with van der Waals surface area (Å²) in [6, 6.07) is 4.99. The van der Waals surface area contributed by atoms with Crippen LogP contribution in [0.3, 0.4) is 0 Å². The van der Waals surface area contributed by atoms with Crippen molar-refractivity contribution in [3.8, 4) is 17.2 Å². The highest BCUT2D eigenvalue weighted by Crippen LogP contribution is 2.43. The maximum atomic E-state index is 15.1. The molecule has 0 spiro atoms. The molecule has 2 nitrogen and oxygen atoms in total. The van der Waals surface area contributed by atoms with Gasteiger partial charge in [0, 0.05) is 17.5 Å². The van der Waals surface area contributed by atoms with Gasteiger partial charge in [0.2, 0.25) is 11.6 Å². The maximum Gasteiger partial charge on any atom is 0.207 e. The number of hydrogen-bond acceptors (Lipinski definition) is 2. The van der Waals surface area contributed by atoms with Crippen LogP contribution < -0.4 is 9.47 Å². The molecule has 1 heterocycles. The normalized spacial score (nSPS) is 17.5. The highest BCUT2D eigenvalue weighted by Gasteiger charge is 2.29. The van der Waals surface area contributed by atoms with Crippen LogP contribution in [-0.4, -0.2) is 6.61 Å². The van der Waals surface area contributed by atoms with Gasteiger partial charge in [0.25, 0.3) is 0 Å². The first-order valence-corrected chi connectivity index (χ1v) is 11.3. The highest BCUT2D eigenvalue weighted by atomic mass is 19.2. The molecule has 0 fully saturated rings. The van der Waals surface area contributed by atoms with E-state index in [-0.39, 0.29) is 17.2 Å². The van der Waals surface area contributed by atoms with Crippen LogP contribution in [-0.2, 0) is 12.8 Å². The van der Waals surface area contributed by atoms with Crippen molar-refractivity contribution < 1.29 is 22.6 Å². The molecule has 1 unspecified atom stereocenters. The lowest BCUT2D eigenvalue weighted by atomic mass is 9.88. The fourth-order valence-electron chi connectivity index (χ4n) is 4.51. The summed E-state index contributed by atoms with van der Waals surface area (Å²) in [5, 5.41) is 0. The summed E-state index contributed by atoms with van der Waals surface area (Å²) >= 11 is 0. The molecule has 0 radical (unpaired) electrons. The van der Waals surface area contributed by atoms with E-state index in [1.165, 1.54) is 5.57 Å². The monoisotopic (exact) mass is 430 g/mol. The Kier molecular flexibility index (Phi) is 6.59. The predicted molar refractivity (Wildman–Crippen MR) is 115 cm³/mol. The van der Waals surface area contributed by atoms with Crippen LogP contribution in [0.15, 0.2) is 29.8 Å². The maximum absolute atomic E-state index is 15.1. The zero-order chi connectivity index (χ0) is 22.0. The van der Waals surface area contributed by atoms with E-state index < -0.39 is 17.5 Å². The van der Waals surface area contributed by atoms with Crippen molar-refractivity contribution in [1.82, 2.24) is 0 Å². The standard InChI is InChI=1S/C26H29F3O2/c1-3-5-16-7-9-17(10-8-16)15-30-21-12-11-19-14-20-13-18(6-4-2)22(27)24(29)26(20)31-25(19)23(21)28/h7,11-13,17H,3-6,8-10,14-15H2,1-2H3. The van der Waals surface area contributed by atoms with Gasteiger partial charge in [-0.3, -0.25) is 0 Å². The lowest BCUT2D eigenvalue weighted by Crippen LogP contribution is -2.16. The van der Waals surface area contributed by atoms with E-state index in [1.54, 1.807) is 18.2 Å². The Bertz CT molecular complexity index is 997. The number of ether oxygens (including phenoxy) is 2. The minimum absolute atomic E-state index is 0.0692. The Morgan fingerprint density at radius 1 is 0.968 bits per heavy atom. The molecule has 1 aliphatic heterocycles. The topological polar surface area (TPSA) is 18.5 Å². The average molecular weight is 431 g/mol. The molecular weight excluding hydrogens is 401 g/mol. The molecule has 0 amide bonds. The third-order valence-corrected chi connectivity index (χ3v) is 6.22. The molecule has 5 heteroatoms. The summed E-state index contributed by atoms with van der Waals surface area (Å²) in [6.07, 6.45) is 9.07. The fraction of sp³-hybridized carbons (Fsp3) is 0.462. The molecular formula is C26H29F3O2. The number of aryl methyl sites for hydroxylation is 1. The summed E-state index contributed by atoms with van der Waals surface area (Å²) in [4.78, 5) is 0. The van der Waals surface area contributed by atoms with Gasteiger partial charge in [-0.15, -0.1) is 0 Å². The quantitative estimate of drug-likeness (QED) is 0.358. The van der Waals surface area contributed by atoms with Crippen molar-refractivity contribution in [2.45, 2.75) is 65.2 Å². The molecule has 4 rings (SSSR count). The van der Waals surface area contributed by atoms with E-state index in [4.69, 9.17) is 9.47 Å². The van der Waals surface area contributed by atoms with Crippen molar-refractivity contribution in [3.63, 3.8) is 0 Å². The van der Waals surface area contributed by atoms with Gasteiger partial charge in [-0.1, -0.05) is 44.4 Å². The molecule has 1 aliphatic carbocycles. The van der Waals surface area contributed by atoms with Crippen molar-refractivity contribution in [2.24, 2.45) is 5.92 Å². The summed E-state index contributed by atoms with van der Waals surface area (Å²) in [5.41, 5.74) is 2.98. The van der Waals surface area contributed by atoms with Crippen LogP contribution in [0.4, 0.5) is 13.2 Å². The van der Waals surface area contributed by atoms with Crippen LogP contribution in [0.1, 0.15) is 69.1 Å². The van der Waals surface area contributed by atoms with E-state index in [9.17, 15) is 8.78 Å². The van der Waals surface area contributed by atoms with Crippen LogP contribution in [0.25, 0.3) is 0 Å². The van der Waals surface area contributed by atoms with E-state index in [1.807, 2.05) is 6.92 Å². The Morgan fingerprint density at radius 3 is 2.45 bits per heavy atom. The zero-order valence-corrected chi connectivity index (χ0v) is 18.2. The molecule has 31 heavy (non-hydrogen) atoms. The number of allylic oxidation sites excluding steroid dienone is 2. The predicted octanol–water partition coefficient (Wildman–Crippen LogP) is 7.66. The smallest absolute Gasteiger partial charge is 0.207 e. The van der Waals surface area contributed by atoms with Gasteiger partial charge < -0.3 is 9.47 Å². The van der Waals surface area contributed by atoms with Gasteiger partial charge >= 0.3 is 0 Å². The third kappa shape index (κ3) is 4.46. The van der Waals surface area contributed by atoms with Gasteiger partial charge in [0.05, 0.1) is 6.61 Å². The summed E-state index contributed by atoms with van der Waals surface area (Å²) in [7, 11) is 0. The molecule has 0 bridgehead atoms. The Labute approximate surface area is 182 Å². The van der Waals surface area contributed by atoms with Crippen LogP contribution in [0.5, 0.6) is 17.2 Å². The van der Waals surface area contributed by atoms with E-state index in [0.29, 0.717) is 48.5 Å². The molecule has 2 aromatic rings. The first-order valence-electron chi connectivity index (χ1n) is 11.3.